The molecule has 0 bridgehead atoms. The second-order valence-electron chi connectivity index (χ2n) is 10.5. The normalized spacial score (nSPS) is 13.3. The molecule has 43 heavy (non-hydrogen) atoms. The summed E-state index contributed by atoms with van der Waals surface area (Å²) in [6.07, 6.45) is 3.81. The largest absolute Gasteiger partial charge is 0.497 e. The highest BCUT2D eigenvalue weighted by Gasteiger charge is 2.28. The summed E-state index contributed by atoms with van der Waals surface area (Å²) < 4.78 is 13.6. The molecule has 0 spiro atoms. The van der Waals surface area contributed by atoms with Crippen molar-refractivity contribution in [3.63, 3.8) is 0 Å². The Morgan fingerprint density at radius 3 is 2.35 bits per heavy atom. The molecule has 9 nitrogen and oxygen atoms in total. The van der Waals surface area contributed by atoms with Crippen molar-refractivity contribution in [2.45, 2.75) is 6.92 Å². The maximum Gasteiger partial charge on any atom is 0.235 e. The van der Waals surface area contributed by atoms with E-state index in [0.717, 1.165) is 45.0 Å². The first-order valence-corrected chi connectivity index (χ1v) is 14.2. The summed E-state index contributed by atoms with van der Waals surface area (Å²) in [7, 11) is 1.63. The predicted molar refractivity (Wildman–Crippen MR) is 167 cm³/mol. The van der Waals surface area contributed by atoms with Gasteiger partial charge >= 0.3 is 0 Å². The summed E-state index contributed by atoms with van der Waals surface area (Å²) in [5.41, 5.74) is 6.38. The number of piperazine rings is 1. The number of aryl methyl sites for hydroxylation is 1. The number of ether oxygens (including phenoxy) is 1. The molecule has 3 aromatic heterocycles. The SMILES string of the molecule is COc1ccc(-c2nc(C#N)c(N3CCN(c4ncnc5c4c(-c4ccccc4)cn5-c4cccc(C)c4)CC3)o2)cc1. The van der Waals surface area contributed by atoms with E-state index in [9.17, 15) is 5.26 Å². The Bertz CT molecular complexity index is 1950. The molecule has 4 heterocycles. The molecule has 0 N–H and O–H groups in total. The summed E-state index contributed by atoms with van der Waals surface area (Å²) in [4.78, 5) is 18.4. The van der Waals surface area contributed by atoms with E-state index in [-0.39, 0.29) is 5.69 Å². The van der Waals surface area contributed by atoms with Gasteiger partial charge in [0.15, 0.2) is 5.65 Å². The average Bonchev–Trinajstić information content (AvgIpc) is 3.68. The van der Waals surface area contributed by atoms with Crippen LogP contribution in [0.4, 0.5) is 11.7 Å². The maximum atomic E-state index is 9.84. The molecule has 0 aliphatic carbocycles. The third kappa shape index (κ3) is 4.83. The van der Waals surface area contributed by atoms with Crippen molar-refractivity contribution in [1.29, 1.82) is 5.26 Å². The number of hydrogen-bond acceptors (Lipinski definition) is 8. The van der Waals surface area contributed by atoms with Gasteiger partial charge in [-0.25, -0.2) is 9.97 Å². The number of aromatic nitrogens is 4. The number of rotatable bonds is 6. The van der Waals surface area contributed by atoms with Gasteiger partial charge in [-0.1, -0.05) is 42.5 Å². The minimum Gasteiger partial charge on any atom is -0.497 e. The lowest BCUT2D eigenvalue weighted by Gasteiger charge is -2.35. The molecule has 1 aliphatic heterocycles. The molecule has 0 atom stereocenters. The van der Waals surface area contributed by atoms with E-state index in [2.05, 4.69) is 87.1 Å². The van der Waals surface area contributed by atoms with Crippen LogP contribution >= 0.6 is 0 Å². The summed E-state index contributed by atoms with van der Waals surface area (Å²) in [5, 5.41) is 10.9. The minimum absolute atomic E-state index is 0.283. The van der Waals surface area contributed by atoms with E-state index in [1.807, 2.05) is 30.3 Å². The lowest BCUT2D eigenvalue weighted by molar-refractivity contribution is 0.415. The second-order valence-corrected chi connectivity index (χ2v) is 10.5. The molecule has 9 heteroatoms. The number of anilines is 2. The van der Waals surface area contributed by atoms with Gasteiger partial charge in [-0.15, -0.1) is 0 Å². The van der Waals surface area contributed by atoms with Crippen molar-refractivity contribution in [3.05, 3.63) is 103 Å². The van der Waals surface area contributed by atoms with Crippen LogP contribution in [0.1, 0.15) is 11.3 Å². The average molecular weight is 568 g/mol. The first-order chi connectivity index (χ1) is 21.1. The molecule has 1 saturated heterocycles. The number of nitrogens with zero attached hydrogens (tertiary/aromatic N) is 7. The van der Waals surface area contributed by atoms with Crippen molar-refractivity contribution in [2.75, 3.05) is 43.1 Å². The lowest BCUT2D eigenvalue weighted by atomic mass is 10.1. The van der Waals surface area contributed by atoms with E-state index in [0.29, 0.717) is 38.0 Å². The van der Waals surface area contributed by atoms with Gasteiger partial charge in [-0.05, 0) is 54.4 Å². The van der Waals surface area contributed by atoms with Crippen LogP contribution in [0.3, 0.4) is 0 Å². The number of nitriles is 1. The molecule has 0 amide bonds. The molecule has 6 aromatic rings. The van der Waals surface area contributed by atoms with E-state index in [1.165, 1.54) is 5.56 Å². The van der Waals surface area contributed by atoms with Crippen LogP contribution in [0.25, 0.3) is 39.3 Å². The van der Waals surface area contributed by atoms with Gasteiger partial charge in [0.25, 0.3) is 0 Å². The zero-order chi connectivity index (χ0) is 29.3. The fourth-order valence-corrected chi connectivity index (χ4v) is 5.67. The Morgan fingerprint density at radius 2 is 1.63 bits per heavy atom. The predicted octanol–water partition coefficient (Wildman–Crippen LogP) is 6.26. The maximum absolute atomic E-state index is 9.84. The zero-order valence-corrected chi connectivity index (χ0v) is 23.9. The van der Waals surface area contributed by atoms with Crippen LogP contribution in [-0.2, 0) is 0 Å². The Hall–Kier alpha value is -5.62. The number of oxazole rings is 1. The number of fused-ring (bicyclic) bond motifs is 1. The van der Waals surface area contributed by atoms with Crippen molar-refractivity contribution in [3.8, 4) is 40.1 Å². The quantitative estimate of drug-likeness (QED) is 0.233. The summed E-state index contributed by atoms with van der Waals surface area (Å²) in [6, 6.07) is 28.5. The summed E-state index contributed by atoms with van der Waals surface area (Å²) in [6.45, 7) is 4.78. The van der Waals surface area contributed by atoms with Crippen molar-refractivity contribution in [1.82, 2.24) is 19.5 Å². The van der Waals surface area contributed by atoms with Gasteiger partial charge in [0.1, 0.15) is 24.0 Å². The summed E-state index contributed by atoms with van der Waals surface area (Å²) in [5.74, 6) is 2.55. The molecule has 1 fully saturated rings. The highest BCUT2D eigenvalue weighted by atomic mass is 16.5. The van der Waals surface area contributed by atoms with Crippen molar-refractivity contribution >= 4 is 22.7 Å². The Labute approximate surface area is 249 Å². The second kappa shape index (κ2) is 11.0. The third-order valence-corrected chi connectivity index (χ3v) is 7.85. The van der Waals surface area contributed by atoms with Gasteiger partial charge in [-0.3, -0.25) is 0 Å². The van der Waals surface area contributed by atoms with Gasteiger partial charge in [-0.2, -0.15) is 10.2 Å². The minimum atomic E-state index is 0.283. The van der Waals surface area contributed by atoms with Gasteiger partial charge in [0, 0.05) is 49.2 Å². The molecule has 0 saturated carbocycles. The standard InChI is InChI=1S/C34H29N7O2/c1-23-7-6-10-26(19-23)41-21-28(24-8-4-3-5-9-24)30-31(36-22-37-32(30)41)39-15-17-40(18-16-39)34-29(20-35)38-33(43-34)25-11-13-27(42-2)14-12-25/h3-14,19,21-22H,15-18H2,1-2H3. The highest BCUT2D eigenvalue weighted by molar-refractivity contribution is 6.02. The van der Waals surface area contributed by atoms with Crippen LogP contribution in [0, 0.1) is 18.3 Å². The Kier molecular flexibility index (Phi) is 6.72. The first kappa shape index (κ1) is 26.3. The monoisotopic (exact) mass is 567 g/mol. The fraction of sp³-hybridized carbons (Fsp3) is 0.176. The number of methoxy groups -OCH3 is 1. The van der Waals surface area contributed by atoms with E-state index < -0.39 is 0 Å². The van der Waals surface area contributed by atoms with Gasteiger partial charge < -0.3 is 23.5 Å². The van der Waals surface area contributed by atoms with E-state index >= 15 is 0 Å². The number of benzene rings is 3. The van der Waals surface area contributed by atoms with E-state index in [4.69, 9.17) is 19.1 Å². The molecular formula is C34H29N7O2. The van der Waals surface area contributed by atoms with Crippen LogP contribution < -0.4 is 14.5 Å². The first-order valence-electron chi connectivity index (χ1n) is 14.2. The van der Waals surface area contributed by atoms with Crippen LogP contribution in [0.2, 0.25) is 0 Å². The molecule has 0 radical (unpaired) electrons. The Balaban J connectivity index is 1.22. The fourth-order valence-electron chi connectivity index (χ4n) is 5.67. The van der Waals surface area contributed by atoms with Gasteiger partial charge in [0.2, 0.25) is 17.5 Å². The molecule has 3 aromatic carbocycles. The Morgan fingerprint density at radius 1 is 0.860 bits per heavy atom. The molecule has 0 unspecified atom stereocenters. The molecule has 1 aliphatic rings. The smallest absolute Gasteiger partial charge is 0.235 e. The van der Waals surface area contributed by atoms with Crippen LogP contribution in [-0.4, -0.2) is 52.8 Å². The third-order valence-electron chi connectivity index (χ3n) is 7.85. The lowest BCUT2D eigenvalue weighted by Crippen LogP contribution is -2.47. The zero-order valence-electron chi connectivity index (χ0n) is 23.9. The highest BCUT2D eigenvalue weighted by Crippen LogP contribution is 2.38. The van der Waals surface area contributed by atoms with Crippen LogP contribution in [0.5, 0.6) is 5.75 Å². The number of hydrogen-bond donors (Lipinski definition) is 0. The molecule has 7 rings (SSSR count). The molecule has 212 valence electrons. The topological polar surface area (TPSA) is 96.2 Å². The van der Waals surface area contributed by atoms with E-state index in [1.54, 1.807) is 13.4 Å². The van der Waals surface area contributed by atoms with Crippen LogP contribution in [0.15, 0.2) is 95.8 Å². The van der Waals surface area contributed by atoms with Gasteiger partial charge in [0.05, 0.1) is 12.5 Å². The van der Waals surface area contributed by atoms with Crippen molar-refractivity contribution < 1.29 is 9.15 Å². The molecular weight excluding hydrogens is 538 g/mol. The summed E-state index contributed by atoms with van der Waals surface area (Å²) >= 11 is 0. The van der Waals surface area contributed by atoms with Crippen molar-refractivity contribution in [2.24, 2.45) is 0 Å².